The number of ether oxygens (including phenoxy) is 1. The maximum Gasteiger partial charge on any atom is 0.271 e. The van der Waals surface area contributed by atoms with Crippen LogP contribution in [-0.2, 0) is 4.74 Å². The van der Waals surface area contributed by atoms with E-state index in [0.717, 1.165) is 30.3 Å². The molecule has 1 saturated heterocycles. The van der Waals surface area contributed by atoms with E-state index >= 15 is 0 Å². The molecule has 4 nitrogen and oxygen atoms in total. The fourth-order valence-electron chi connectivity index (χ4n) is 2.75. The van der Waals surface area contributed by atoms with Gasteiger partial charge in [-0.15, -0.1) is 0 Å². The van der Waals surface area contributed by atoms with Crippen molar-refractivity contribution in [3.05, 3.63) is 28.5 Å². The van der Waals surface area contributed by atoms with Crippen LogP contribution in [0.5, 0.6) is 0 Å². The van der Waals surface area contributed by atoms with Crippen LogP contribution in [0.4, 0.5) is 0 Å². The van der Waals surface area contributed by atoms with Gasteiger partial charge in [0, 0.05) is 29.2 Å². The first-order valence-electron chi connectivity index (χ1n) is 6.28. The van der Waals surface area contributed by atoms with Crippen LogP contribution in [0.25, 0.3) is 0 Å². The Morgan fingerprint density at radius 1 is 1.56 bits per heavy atom. The Bertz CT molecular complexity index is 466. The molecule has 1 N–H and O–H groups in total. The van der Waals surface area contributed by atoms with Gasteiger partial charge in [0.25, 0.3) is 5.91 Å². The summed E-state index contributed by atoms with van der Waals surface area (Å²) in [5.74, 6) is 0.390. The van der Waals surface area contributed by atoms with Crippen LogP contribution in [0.3, 0.4) is 0 Å². The monoisotopic (exact) mass is 310 g/mol. The minimum absolute atomic E-state index is 0.100. The average Bonchev–Trinajstić information content (AvgIpc) is 2.36. The molecule has 1 aliphatic carbocycles. The number of amides is 1. The molecule has 1 amide bonds. The maximum absolute atomic E-state index is 12.1. The standard InChI is InChI=1S/C13H15BrN2O2/c14-9-4-1-5-15-12(9)13(17)16-10-7-11-8(10)3-2-6-18-11/h1,4-5,8,10-11H,2-3,6-7H2,(H,16,17)/t8-,10-,11-/m1/s1. The third-order valence-corrected chi connectivity index (χ3v) is 4.42. The van der Waals surface area contributed by atoms with Crippen LogP contribution in [-0.4, -0.2) is 29.6 Å². The third-order valence-electron chi connectivity index (χ3n) is 3.78. The number of hydrogen-bond acceptors (Lipinski definition) is 3. The Morgan fingerprint density at radius 2 is 2.44 bits per heavy atom. The minimum Gasteiger partial charge on any atom is -0.378 e. The third kappa shape index (κ3) is 2.17. The normalized spacial score (nSPS) is 30.2. The molecule has 1 aromatic heterocycles. The van der Waals surface area contributed by atoms with Gasteiger partial charge in [-0.25, -0.2) is 4.98 Å². The number of hydrogen-bond donors (Lipinski definition) is 1. The highest BCUT2D eigenvalue weighted by atomic mass is 79.9. The van der Waals surface area contributed by atoms with Gasteiger partial charge in [-0.3, -0.25) is 4.79 Å². The molecule has 0 aromatic carbocycles. The molecule has 1 saturated carbocycles. The zero-order valence-corrected chi connectivity index (χ0v) is 11.5. The van der Waals surface area contributed by atoms with E-state index in [4.69, 9.17) is 4.74 Å². The van der Waals surface area contributed by atoms with Gasteiger partial charge in [-0.05, 0) is 47.3 Å². The van der Waals surface area contributed by atoms with Gasteiger partial charge in [0.2, 0.25) is 0 Å². The molecule has 3 atom stereocenters. The van der Waals surface area contributed by atoms with Crippen molar-refractivity contribution >= 4 is 21.8 Å². The molecular weight excluding hydrogens is 296 g/mol. The Labute approximate surface area is 114 Å². The van der Waals surface area contributed by atoms with Gasteiger partial charge in [-0.2, -0.15) is 0 Å². The van der Waals surface area contributed by atoms with Crippen LogP contribution in [0, 0.1) is 5.92 Å². The molecule has 0 unspecified atom stereocenters. The lowest BCUT2D eigenvalue weighted by Crippen LogP contribution is -2.57. The molecule has 1 aliphatic heterocycles. The van der Waals surface area contributed by atoms with Gasteiger partial charge < -0.3 is 10.1 Å². The van der Waals surface area contributed by atoms with E-state index in [1.807, 2.05) is 6.07 Å². The van der Waals surface area contributed by atoms with Crippen LogP contribution < -0.4 is 5.32 Å². The minimum atomic E-state index is -0.100. The van der Waals surface area contributed by atoms with Crippen molar-refractivity contribution in [2.45, 2.75) is 31.4 Å². The Hall–Kier alpha value is -0.940. The number of carbonyl (C=O) groups is 1. The lowest BCUT2D eigenvalue weighted by Gasteiger charge is -2.47. The lowest BCUT2D eigenvalue weighted by atomic mass is 9.72. The van der Waals surface area contributed by atoms with E-state index in [9.17, 15) is 4.79 Å². The van der Waals surface area contributed by atoms with Gasteiger partial charge in [0.15, 0.2) is 0 Å². The topological polar surface area (TPSA) is 51.2 Å². The summed E-state index contributed by atoms with van der Waals surface area (Å²) < 4.78 is 6.38. The summed E-state index contributed by atoms with van der Waals surface area (Å²) in [5, 5.41) is 3.06. The molecule has 1 aromatic rings. The predicted molar refractivity (Wildman–Crippen MR) is 70.3 cm³/mol. The molecule has 2 aliphatic rings. The van der Waals surface area contributed by atoms with E-state index in [-0.39, 0.29) is 11.9 Å². The largest absolute Gasteiger partial charge is 0.378 e. The molecule has 18 heavy (non-hydrogen) atoms. The molecule has 2 heterocycles. The summed E-state index contributed by atoms with van der Waals surface area (Å²) >= 11 is 3.35. The quantitative estimate of drug-likeness (QED) is 0.910. The maximum atomic E-state index is 12.1. The number of aromatic nitrogens is 1. The fraction of sp³-hybridized carbons (Fsp3) is 0.538. The molecule has 5 heteroatoms. The highest BCUT2D eigenvalue weighted by Crippen LogP contribution is 2.37. The Kier molecular flexibility index (Phi) is 3.35. The highest BCUT2D eigenvalue weighted by molar-refractivity contribution is 9.10. The van der Waals surface area contributed by atoms with Crippen molar-refractivity contribution in [1.82, 2.24) is 10.3 Å². The van der Waals surface area contributed by atoms with Gasteiger partial charge >= 0.3 is 0 Å². The first-order valence-corrected chi connectivity index (χ1v) is 7.08. The summed E-state index contributed by atoms with van der Waals surface area (Å²) in [7, 11) is 0. The Balaban J connectivity index is 1.64. The van der Waals surface area contributed by atoms with Gasteiger partial charge in [-0.1, -0.05) is 0 Å². The number of pyridine rings is 1. The van der Waals surface area contributed by atoms with Crippen LogP contribution in [0.15, 0.2) is 22.8 Å². The van der Waals surface area contributed by atoms with Crippen molar-refractivity contribution in [3.8, 4) is 0 Å². The number of carbonyl (C=O) groups excluding carboxylic acids is 1. The van der Waals surface area contributed by atoms with E-state index in [0.29, 0.717) is 17.7 Å². The molecule has 0 radical (unpaired) electrons. The molecule has 0 spiro atoms. The van der Waals surface area contributed by atoms with Crippen molar-refractivity contribution in [2.75, 3.05) is 6.61 Å². The van der Waals surface area contributed by atoms with Crippen LogP contribution in [0.2, 0.25) is 0 Å². The van der Waals surface area contributed by atoms with Crippen molar-refractivity contribution in [2.24, 2.45) is 5.92 Å². The second-order valence-corrected chi connectivity index (χ2v) is 5.72. The SMILES string of the molecule is O=C(N[C@@H]1C[C@H]2OCCC[C@H]12)c1ncccc1Br. The zero-order valence-electron chi connectivity index (χ0n) is 9.93. The van der Waals surface area contributed by atoms with Crippen LogP contribution in [0.1, 0.15) is 29.8 Å². The Morgan fingerprint density at radius 3 is 3.22 bits per heavy atom. The molecule has 2 fully saturated rings. The van der Waals surface area contributed by atoms with E-state index in [1.165, 1.54) is 0 Å². The smallest absolute Gasteiger partial charge is 0.271 e. The molecule has 0 bridgehead atoms. The first kappa shape index (κ1) is 12.1. The van der Waals surface area contributed by atoms with E-state index in [2.05, 4.69) is 26.2 Å². The number of fused-ring (bicyclic) bond motifs is 1. The van der Waals surface area contributed by atoms with Gasteiger partial charge in [0.1, 0.15) is 5.69 Å². The summed E-state index contributed by atoms with van der Waals surface area (Å²) in [6, 6.07) is 3.88. The van der Waals surface area contributed by atoms with Gasteiger partial charge in [0.05, 0.1) is 6.10 Å². The number of halogens is 1. The summed E-state index contributed by atoms with van der Waals surface area (Å²) in [5.41, 5.74) is 0.456. The fourth-order valence-corrected chi connectivity index (χ4v) is 3.19. The van der Waals surface area contributed by atoms with Crippen molar-refractivity contribution in [1.29, 1.82) is 0 Å². The van der Waals surface area contributed by atoms with E-state index < -0.39 is 0 Å². The lowest BCUT2D eigenvalue weighted by molar-refractivity contribution is -0.100. The predicted octanol–water partition coefficient (Wildman–Crippen LogP) is 2.14. The van der Waals surface area contributed by atoms with Crippen molar-refractivity contribution in [3.63, 3.8) is 0 Å². The molecule has 3 rings (SSSR count). The average molecular weight is 311 g/mol. The number of nitrogens with one attached hydrogen (secondary N) is 1. The second-order valence-electron chi connectivity index (χ2n) is 4.86. The molecular formula is C13H15BrN2O2. The first-order chi connectivity index (χ1) is 8.75. The second kappa shape index (κ2) is 4.97. The highest BCUT2D eigenvalue weighted by Gasteiger charge is 2.44. The number of rotatable bonds is 2. The summed E-state index contributed by atoms with van der Waals surface area (Å²) in [6.45, 7) is 0.869. The summed E-state index contributed by atoms with van der Waals surface area (Å²) in [4.78, 5) is 16.2. The van der Waals surface area contributed by atoms with E-state index in [1.54, 1.807) is 12.3 Å². The molecule has 96 valence electrons. The van der Waals surface area contributed by atoms with Crippen molar-refractivity contribution < 1.29 is 9.53 Å². The van der Waals surface area contributed by atoms with Crippen LogP contribution >= 0.6 is 15.9 Å². The number of nitrogens with zero attached hydrogens (tertiary/aromatic N) is 1. The summed E-state index contributed by atoms with van der Waals surface area (Å²) in [6.07, 6.45) is 5.17. The zero-order chi connectivity index (χ0) is 12.5.